The van der Waals surface area contributed by atoms with Gasteiger partial charge in [-0.15, -0.1) is 0 Å². The van der Waals surface area contributed by atoms with E-state index >= 15 is 0 Å². The molecule has 1 fully saturated rings. The Morgan fingerprint density at radius 1 is 1.04 bits per heavy atom. The van der Waals surface area contributed by atoms with E-state index in [9.17, 15) is 16.8 Å². The number of nitrogens with zero attached hydrogens (tertiary/aromatic N) is 1. The fraction of sp³-hybridized carbons (Fsp3) is 0.647. The second-order valence-electron chi connectivity index (χ2n) is 6.94. The number of rotatable bonds is 8. The van der Waals surface area contributed by atoms with E-state index in [1.54, 1.807) is 19.2 Å². The second-order valence-corrected chi connectivity index (χ2v) is 11.1. The number of sulfonamides is 1. The predicted octanol–water partition coefficient (Wildman–Crippen LogP) is 3.13. The van der Waals surface area contributed by atoms with Gasteiger partial charge in [0.15, 0.2) is 0 Å². The highest BCUT2D eigenvalue weighted by molar-refractivity contribution is 7.89. The quantitative estimate of drug-likeness (QED) is 0.600. The first kappa shape index (κ1) is 21.6. The summed E-state index contributed by atoms with van der Waals surface area (Å²) in [4.78, 5) is 0.242. The van der Waals surface area contributed by atoms with Crippen molar-refractivity contribution in [2.75, 3.05) is 26.5 Å². The molecular formula is C17H26ClNO5S2. The second kappa shape index (κ2) is 9.01. The summed E-state index contributed by atoms with van der Waals surface area (Å²) in [7, 11) is -5.30. The van der Waals surface area contributed by atoms with Gasteiger partial charge in [0.1, 0.15) is 0 Å². The Kier molecular flexibility index (Phi) is 7.50. The standard InChI is InChI=1S/C17H26ClNO5S2/c1-19(26(22,23)17-9-7-16(18)8-10-17)12-11-14-3-5-15(6-4-14)13-24-25(2,20)21/h7-10,14-15H,3-6,11-13H2,1-2H3/t14-,15-. The van der Waals surface area contributed by atoms with Gasteiger partial charge in [-0.2, -0.15) is 8.42 Å². The van der Waals surface area contributed by atoms with Gasteiger partial charge in [0.2, 0.25) is 10.0 Å². The first-order chi connectivity index (χ1) is 12.1. The minimum absolute atomic E-state index is 0.242. The zero-order valence-corrected chi connectivity index (χ0v) is 17.5. The van der Waals surface area contributed by atoms with E-state index in [0.717, 1.165) is 38.4 Å². The lowest BCUT2D eigenvalue weighted by Crippen LogP contribution is -2.30. The summed E-state index contributed by atoms with van der Waals surface area (Å²) in [5.41, 5.74) is 0. The molecule has 26 heavy (non-hydrogen) atoms. The van der Waals surface area contributed by atoms with E-state index in [-0.39, 0.29) is 17.4 Å². The maximum absolute atomic E-state index is 12.6. The monoisotopic (exact) mass is 423 g/mol. The molecule has 0 saturated heterocycles. The maximum Gasteiger partial charge on any atom is 0.264 e. The van der Waals surface area contributed by atoms with Crippen molar-refractivity contribution in [1.29, 1.82) is 0 Å². The Balaban J connectivity index is 1.79. The molecule has 0 N–H and O–H groups in total. The third kappa shape index (κ3) is 6.49. The molecular weight excluding hydrogens is 398 g/mol. The van der Waals surface area contributed by atoms with Crippen molar-refractivity contribution in [3.05, 3.63) is 29.3 Å². The fourth-order valence-electron chi connectivity index (χ4n) is 3.18. The molecule has 1 aliphatic rings. The van der Waals surface area contributed by atoms with Crippen LogP contribution in [0, 0.1) is 11.8 Å². The molecule has 1 saturated carbocycles. The summed E-state index contributed by atoms with van der Waals surface area (Å²) >= 11 is 5.81. The van der Waals surface area contributed by atoms with Crippen LogP contribution in [-0.2, 0) is 24.3 Å². The van der Waals surface area contributed by atoms with Gasteiger partial charge in [-0.25, -0.2) is 12.7 Å². The van der Waals surface area contributed by atoms with E-state index in [0.29, 0.717) is 17.5 Å². The fourth-order valence-corrected chi connectivity index (χ4v) is 4.93. The summed E-state index contributed by atoms with van der Waals surface area (Å²) < 4.78 is 53.5. The van der Waals surface area contributed by atoms with Gasteiger partial charge in [0, 0.05) is 18.6 Å². The van der Waals surface area contributed by atoms with Crippen LogP contribution < -0.4 is 0 Å². The smallest absolute Gasteiger partial charge is 0.264 e. The van der Waals surface area contributed by atoms with E-state index < -0.39 is 20.1 Å². The lowest BCUT2D eigenvalue weighted by Gasteiger charge is -2.29. The van der Waals surface area contributed by atoms with E-state index in [4.69, 9.17) is 15.8 Å². The molecule has 9 heteroatoms. The van der Waals surface area contributed by atoms with Crippen LogP contribution in [-0.4, -0.2) is 47.6 Å². The number of hydrogen-bond acceptors (Lipinski definition) is 5. The molecule has 6 nitrogen and oxygen atoms in total. The number of hydrogen-bond donors (Lipinski definition) is 0. The van der Waals surface area contributed by atoms with Crippen LogP contribution in [0.15, 0.2) is 29.2 Å². The molecule has 0 spiro atoms. The molecule has 1 aliphatic carbocycles. The zero-order valence-electron chi connectivity index (χ0n) is 15.1. The van der Waals surface area contributed by atoms with Crippen LogP contribution in [0.4, 0.5) is 0 Å². The Labute approximate surface area is 161 Å². The zero-order chi connectivity index (χ0) is 19.4. The maximum atomic E-state index is 12.6. The molecule has 0 atom stereocenters. The minimum atomic E-state index is -3.50. The SMILES string of the molecule is CN(CC[C@H]1CC[C@H](COS(C)(=O)=O)CC1)S(=O)(=O)c1ccc(Cl)cc1. The first-order valence-electron chi connectivity index (χ1n) is 8.64. The van der Waals surface area contributed by atoms with Crippen LogP contribution in [0.25, 0.3) is 0 Å². The molecule has 0 unspecified atom stereocenters. The van der Waals surface area contributed by atoms with Gasteiger partial charge < -0.3 is 0 Å². The minimum Gasteiger partial charge on any atom is -0.270 e. The number of halogens is 1. The van der Waals surface area contributed by atoms with E-state index in [1.165, 1.54) is 16.4 Å². The molecule has 148 valence electrons. The lowest BCUT2D eigenvalue weighted by atomic mass is 9.81. The molecule has 1 aromatic carbocycles. The molecule has 0 aromatic heterocycles. The highest BCUT2D eigenvalue weighted by Gasteiger charge is 2.25. The van der Waals surface area contributed by atoms with Gasteiger partial charge in [0.25, 0.3) is 10.1 Å². The van der Waals surface area contributed by atoms with Crippen molar-refractivity contribution in [2.45, 2.75) is 37.0 Å². The van der Waals surface area contributed by atoms with Crippen LogP contribution in [0.2, 0.25) is 5.02 Å². The van der Waals surface area contributed by atoms with Crippen molar-refractivity contribution < 1.29 is 21.0 Å². The summed E-state index contributed by atoms with van der Waals surface area (Å²) in [6.07, 6.45) is 5.61. The van der Waals surface area contributed by atoms with Gasteiger partial charge >= 0.3 is 0 Å². The van der Waals surface area contributed by atoms with Crippen molar-refractivity contribution in [3.63, 3.8) is 0 Å². The molecule has 0 heterocycles. The Morgan fingerprint density at radius 2 is 1.58 bits per heavy atom. The highest BCUT2D eigenvalue weighted by atomic mass is 35.5. The largest absolute Gasteiger partial charge is 0.270 e. The van der Waals surface area contributed by atoms with Gasteiger partial charge in [-0.1, -0.05) is 24.4 Å². The van der Waals surface area contributed by atoms with Gasteiger partial charge in [-0.05, 0) is 55.4 Å². The van der Waals surface area contributed by atoms with Crippen LogP contribution in [0.5, 0.6) is 0 Å². The van der Waals surface area contributed by atoms with Gasteiger partial charge in [0.05, 0.1) is 17.8 Å². The summed E-state index contributed by atoms with van der Waals surface area (Å²) in [6.45, 7) is 0.705. The molecule has 0 bridgehead atoms. The van der Waals surface area contributed by atoms with Crippen LogP contribution >= 0.6 is 11.6 Å². The summed E-state index contributed by atoms with van der Waals surface area (Å²) in [6, 6.07) is 6.17. The van der Waals surface area contributed by atoms with Crippen molar-refractivity contribution in [2.24, 2.45) is 11.8 Å². The molecule has 0 amide bonds. The summed E-state index contributed by atoms with van der Waals surface area (Å²) in [5, 5.41) is 0.503. The average molecular weight is 424 g/mol. The highest BCUT2D eigenvalue weighted by Crippen LogP contribution is 2.31. The van der Waals surface area contributed by atoms with Crippen molar-refractivity contribution in [1.82, 2.24) is 4.31 Å². The molecule has 1 aromatic rings. The first-order valence-corrected chi connectivity index (χ1v) is 12.3. The third-order valence-electron chi connectivity index (χ3n) is 4.86. The Hall–Kier alpha value is -0.670. The number of benzene rings is 1. The topological polar surface area (TPSA) is 80.8 Å². The molecule has 0 radical (unpaired) electrons. The Morgan fingerprint density at radius 3 is 2.12 bits per heavy atom. The average Bonchev–Trinajstić information content (AvgIpc) is 2.58. The van der Waals surface area contributed by atoms with Crippen molar-refractivity contribution >= 4 is 31.7 Å². The Bertz CT molecular complexity index is 785. The summed E-state index contributed by atoms with van der Waals surface area (Å²) in [5.74, 6) is 0.712. The van der Waals surface area contributed by atoms with Gasteiger partial charge in [-0.3, -0.25) is 4.18 Å². The lowest BCUT2D eigenvalue weighted by molar-refractivity contribution is 0.181. The van der Waals surface area contributed by atoms with Crippen molar-refractivity contribution in [3.8, 4) is 0 Å². The molecule has 2 rings (SSSR count). The third-order valence-corrected chi connectivity index (χ3v) is 7.55. The van der Waals surface area contributed by atoms with E-state index in [1.807, 2.05) is 0 Å². The molecule has 0 aliphatic heterocycles. The van der Waals surface area contributed by atoms with Crippen LogP contribution in [0.3, 0.4) is 0 Å². The predicted molar refractivity (Wildman–Crippen MR) is 102 cm³/mol. The normalized spacial score (nSPS) is 21.8. The van der Waals surface area contributed by atoms with Crippen LogP contribution in [0.1, 0.15) is 32.1 Å². The van der Waals surface area contributed by atoms with E-state index in [2.05, 4.69) is 0 Å².